The minimum absolute atomic E-state index is 0.0613. The zero-order chi connectivity index (χ0) is 19.5. The minimum Gasteiger partial charge on any atom is -0.466 e. The van der Waals surface area contributed by atoms with Gasteiger partial charge in [-0.15, -0.1) is 0 Å². The molecule has 5 nitrogen and oxygen atoms in total. The van der Waals surface area contributed by atoms with E-state index in [4.69, 9.17) is 9.47 Å². The zero-order valence-electron chi connectivity index (χ0n) is 16.5. The molecule has 0 unspecified atom stereocenters. The van der Waals surface area contributed by atoms with E-state index in [2.05, 4.69) is 19.6 Å². The molecule has 146 valence electrons. The Bertz CT molecular complexity index is 604. The van der Waals surface area contributed by atoms with Crippen molar-refractivity contribution in [1.82, 2.24) is 0 Å². The fourth-order valence-corrected chi connectivity index (χ4v) is 3.68. The number of carbonyl (C=O) groups is 2. The van der Waals surface area contributed by atoms with Gasteiger partial charge in [-0.25, -0.2) is 4.79 Å². The van der Waals surface area contributed by atoms with Crippen molar-refractivity contribution in [1.29, 1.82) is 0 Å². The molecule has 5 heteroatoms. The number of hydrogen-bond acceptors (Lipinski definition) is 5. The van der Waals surface area contributed by atoms with Crippen LogP contribution in [0.2, 0.25) is 0 Å². The molecule has 0 aromatic rings. The summed E-state index contributed by atoms with van der Waals surface area (Å²) in [7, 11) is 1.34. The summed E-state index contributed by atoms with van der Waals surface area (Å²) in [5, 5.41) is 10.6. The van der Waals surface area contributed by atoms with Gasteiger partial charge >= 0.3 is 5.97 Å². The average molecular weight is 364 g/mol. The van der Waals surface area contributed by atoms with Crippen LogP contribution in [-0.2, 0) is 19.1 Å². The molecule has 2 rings (SSSR count). The number of hydrogen-bond donors (Lipinski definition) is 1. The first kappa shape index (κ1) is 20.8. The molecule has 1 aliphatic carbocycles. The largest absolute Gasteiger partial charge is 0.466 e. The lowest BCUT2D eigenvalue weighted by atomic mass is 9.82. The lowest BCUT2D eigenvalue weighted by molar-refractivity contribution is -0.137. The Labute approximate surface area is 156 Å². The molecule has 2 aliphatic rings. The third-order valence-electron chi connectivity index (χ3n) is 5.93. The molecule has 1 saturated heterocycles. The van der Waals surface area contributed by atoms with E-state index in [0.717, 1.165) is 12.8 Å². The Kier molecular flexibility index (Phi) is 6.46. The third-order valence-corrected chi connectivity index (χ3v) is 5.93. The second kappa shape index (κ2) is 8.05. The average Bonchev–Trinajstić information content (AvgIpc) is 3.23. The number of carbonyl (C=O) groups excluding carboxylic acids is 2. The second-order valence-corrected chi connectivity index (χ2v) is 8.19. The highest BCUT2D eigenvalue weighted by molar-refractivity contribution is 5.88. The highest BCUT2D eigenvalue weighted by Crippen LogP contribution is 2.46. The van der Waals surface area contributed by atoms with Crippen molar-refractivity contribution in [2.24, 2.45) is 5.92 Å². The van der Waals surface area contributed by atoms with Gasteiger partial charge in [-0.2, -0.15) is 0 Å². The quantitative estimate of drug-likeness (QED) is 0.351. The molecular formula is C21H32O5. The van der Waals surface area contributed by atoms with E-state index in [0.29, 0.717) is 37.7 Å². The molecule has 1 aliphatic heterocycles. The first-order valence-corrected chi connectivity index (χ1v) is 9.45. The summed E-state index contributed by atoms with van der Waals surface area (Å²) < 4.78 is 10.7. The number of allylic oxidation sites excluding steroid dienone is 2. The summed E-state index contributed by atoms with van der Waals surface area (Å²) in [4.78, 5) is 24.4. The molecule has 0 radical (unpaired) electrons. The lowest BCUT2D eigenvalue weighted by Crippen LogP contribution is -2.36. The van der Waals surface area contributed by atoms with E-state index < -0.39 is 11.6 Å². The first-order valence-electron chi connectivity index (χ1n) is 9.45. The molecule has 1 heterocycles. The molecule has 0 aromatic carbocycles. The van der Waals surface area contributed by atoms with Crippen molar-refractivity contribution < 1.29 is 24.2 Å². The predicted molar refractivity (Wildman–Crippen MR) is 99.6 cm³/mol. The summed E-state index contributed by atoms with van der Waals surface area (Å²) in [5.74, 6) is -0.769. The number of esters is 1. The summed E-state index contributed by atoms with van der Waals surface area (Å²) in [6, 6.07) is 0. The molecule has 4 atom stereocenters. The Morgan fingerprint density at radius 1 is 1.35 bits per heavy atom. The van der Waals surface area contributed by atoms with Gasteiger partial charge in [0.1, 0.15) is 5.60 Å². The highest BCUT2D eigenvalue weighted by atomic mass is 16.6. The number of ketones is 1. The van der Waals surface area contributed by atoms with Gasteiger partial charge in [0.15, 0.2) is 5.78 Å². The van der Waals surface area contributed by atoms with Crippen LogP contribution in [0, 0.1) is 5.92 Å². The van der Waals surface area contributed by atoms with Gasteiger partial charge < -0.3 is 14.6 Å². The maximum Gasteiger partial charge on any atom is 0.333 e. The fourth-order valence-electron chi connectivity index (χ4n) is 3.68. The smallest absolute Gasteiger partial charge is 0.333 e. The van der Waals surface area contributed by atoms with Crippen molar-refractivity contribution in [2.75, 3.05) is 7.11 Å². The van der Waals surface area contributed by atoms with E-state index in [1.54, 1.807) is 6.92 Å². The summed E-state index contributed by atoms with van der Waals surface area (Å²) in [6.07, 6.45) is 6.45. The standard InChI is InChI=1S/C21H32O5/c1-14-7-6-11-21(4)18(26-21)13-16(15(2)19(23)25-5)10-12-20(3,24)17(22)9-8-14/h7,16,18,24H,2,6,8-13H2,1,3-5H3/b14-7+/t16-,18+,20-,21+/m1/s1. The minimum atomic E-state index is -1.40. The number of rotatable bonds is 2. The van der Waals surface area contributed by atoms with Gasteiger partial charge in [-0.3, -0.25) is 4.79 Å². The van der Waals surface area contributed by atoms with Crippen LogP contribution in [-0.4, -0.2) is 41.3 Å². The van der Waals surface area contributed by atoms with Crippen LogP contribution >= 0.6 is 0 Å². The van der Waals surface area contributed by atoms with Crippen molar-refractivity contribution in [3.63, 3.8) is 0 Å². The van der Waals surface area contributed by atoms with E-state index in [9.17, 15) is 14.7 Å². The normalized spacial score (nSPS) is 38.3. The maximum atomic E-state index is 12.4. The Morgan fingerprint density at radius 2 is 2.04 bits per heavy atom. The molecule has 0 spiro atoms. The zero-order valence-corrected chi connectivity index (χ0v) is 16.5. The van der Waals surface area contributed by atoms with Gasteiger partial charge in [0.25, 0.3) is 0 Å². The topological polar surface area (TPSA) is 76.1 Å². The van der Waals surface area contributed by atoms with Crippen LogP contribution in [0.5, 0.6) is 0 Å². The van der Waals surface area contributed by atoms with Crippen LogP contribution in [0.3, 0.4) is 0 Å². The van der Waals surface area contributed by atoms with Gasteiger partial charge in [-0.1, -0.05) is 18.2 Å². The van der Waals surface area contributed by atoms with Crippen LogP contribution in [0.1, 0.15) is 65.7 Å². The molecule has 0 aromatic heterocycles. The van der Waals surface area contributed by atoms with E-state index in [1.807, 2.05) is 6.92 Å². The van der Waals surface area contributed by atoms with Gasteiger partial charge in [0.2, 0.25) is 0 Å². The molecule has 1 N–H and O–H groups in total. The Balaban J connectivity index is 2.19. The van der Waals surface area contributed by atoms with Crippen molar-refractivity contribution in [3.05, 3.63) is 23.8 Å². The molecule has 1 fully saturated rings. The van der Waals surface area contributed by atoms with Crippen molar-refractivity contribution in [3.8, 4) is 0 Å². The van der Waals surface area contributed by atoms with Gasteiger partial charge in [0, 0.05) is 12.0 Å². The highest BCUT2D eigenvalue weighted by Gasteiger charge is 2.52. The Hall–Kier alpha value is -1.46. The van der Waals surface area contributed by atoms with Gasteiger partial charge in [-0.05, 0) is 65.2 Å². The lowest BCUT2D eigenvalue weighted by Gasteiger charge is -2.26. The second-order valence-electron chi connectivity index (χ2n) is 8.19. The van der Waals surface area contributed by atoms with E-state index in [1.165, 1.54) is 12.7 Å². The molecule has 0 saturated carbocycles. The van der Waals surface area contributed by atoms with Crippen LogP contribution in [0.15, 0.2) is 23.8 Å². The molecular weight excluding hydrogens is 332 g/mol. The number of epoxide rings is 1. The molecule has 0 amide bonds. The summed E-state index contributed by atoms with van der Waals surface area (Å²) in [6.45, 7) is 9.59. The Morgan fingerprint density at radius 3 is 2.69 bits per heavy atom. The number of aliphatic hydroxyl groups is 1. The van der Waals surface area contributed by atoms with Gasteiger partial charge in [0.05, 0.1) is 18.8 Å². The van der Waals surface area contributed by atoms with Crippen LogP contribution in [0.4, 0.5) is 0 Å². The predicted octanol–water partition coefficient (Wildman–Crippen LogP) is 3.50. The number of ether oxygens (including phenoxy) is 2. The SMILES string of the molecule is C=C(C(=O)OC)[C@@H]1CC[C@@](C)(O)C(=O)CC/C(C)=C/CC[C@]2(C)O[C@H]2C1. The van der Waals surface area contributed by atoms with Crippen LogP contribution in [0.25, 0.3) is 0 Å². The number of fused-ring (bicyclic) bond motifs is 1. The molecule has 26 heavy (non-hydrogen) atoms. The molecule has 0 bridgehead atoms. The monoisotopic (exact) mass is 364 g/mol. The van der Waals surface area contributed by atoms with E-state index >= 15 is 0 Å². The number of methoxy groups -OCH3 is 1. The maximum absolute atomic E-state index is 12.4. The summed E-state index contributed by atoms with van der Waals surface area (Å²) >= 11 is 0. The fraction of sp³-hybridized carbons (Fsp3) is 0.714. The van der Waals surface area contributed by atoms with Crippen molar-refractivity contribution in [2.45, 2.75) is 83.0 Å². The third kappa shape index (κ3) is 5.04. The first-order chi connectivity index (χ1) is 12.1. The van der Waals surface area contributed by atoms with E-state index in [-0.39, 0.29) is 23.4 Å². The van der Waals surface area contributed by atoms with Crippen LogP contribution < -0.4 is 0 Å². The van der Waals surface area contributed by atoms with Crippen molar-refractivity contribution >= 4 is 11.8 Å². The summed E-state index contributed by atoms with van der Waals surface area (Å²) in [5.41, 5.74) is -0.0129. The number of Topliss-reactive ketones (excluding diaryl/α,β-unsaturated/α-hetero) is 1.